The van der Waals surface area contributed by atoms with Crippen molar-refractivity contribution in [1.29, 1.82) is 0 Å². The quantitative estimate of drug-likeness (QED) is 0.280. The van der Waals surface area contributed by atoms with Gasteiger partial charge in [-0.15, -0.1) is 0 Å². The fraction of sp³-hybridized carbons (Fsp3) is 0.733. The highest BCUT2D eigenvalue weighted by Gasteiger charge is 2.75. The molecule has 6 nitrogen and oxygen atoms in total. The number of methoxy groups -OCH3 is 1. The third-order valence-corrected chi connectivity index (χ3v) is 9.47. The van der Waals surface area contributed by atoms with Crippen LogP contribution in [0, 0.1) is 0 Å². The van der Waals surface area contributed by atoms with Crippen LogP contribution in [0.3, 0.4) is 0 Å². The van der Waals surface area contributed by atoms with Crippen molar-refractivity contribution < 1.29 is 23.8 Å². The zero-order valence-corrected chi connectivity index (χ0v) is 22.4. The smallest absolute Gasteiger partial charge is 0.306 e. The zero-order chi connectivity index (χ0) is 25.3. The van der Waals surface area contributed by atoms with Gasteiger partial charge in [0.15, 0.2) is 23.4 Å². The number of ketones is 1. The van der Waals surface area contributed by atoms with Crippen molar-refractivity contribution >= 4 is 11.8 Å². The fourth-order valence-electron chi connectivity index (χ4n) is 7.70. The van der Waals surface area contributed by atoms with E-state index in [-0.39, 0.29) is 17.8 Å². The number of likely N-dealkylation sites (tertiary alicyclic amines) is 1. The highest BCUT2D eigenvalue weighted by Crippen LogP contribution is 2.66. The molecule has 2 bridgehead atoms. The van der Waals surface area contributed by atoms with E-state index >= 15 is 0 Å². The van der Waals surface area contributed by atoms with Crippen molar-refractivity contribution in [2.24, 2.45) is 0 Å². The van der Waals surface area contributed by atoms with Gasteiger partial charge in [0.2, 0.25) is 0 Å². The summed E-state index contributed by atoms with van der Waals surface area (Å²) in [7, 11) is 3.77. The van der Waals surface area contributed by atoms with E-state index in [4.69, 9.17) is 14.2 Å². The zero-order valence-electron chi connectivity index (χ0n) is 22.4. The molecule has 0 aromatic heterocycles. The highest BCUT2D eigenvalue weighted by atomic mass is 16.6. The number of carbonyl (C=O) groups is 2. The Hall–Kier alpha value is -2.08. The van der Waals surface area contributed by atoms with E-state index in [1.54, 1.807) is 7.11 Å². The minimum absolute atomic E-state index is 0.0457. The summed E-state index contributed by atoms with van der Waals surface area (Å²) < 4.78 is 18.7. The lowest BCUT2D eigenvalue weighted by molar-refractivity contribution is -0.213. The van der Waals surface area contributed by atoms with Crippen LogP contribution in [0.15, 0.2) is 12.1 Å². The van der Waals surface area contributed by atoms with Crippen molar-refractivity contribution in [3.63, 3.8) is 0 Å². The van der Waals surface area contributed by atoms with Gasteiger partial charge >= 0.3 is 5.97 Å². The van der Waals surface area contributed by atoms with E-state index in [0.29, 0.717) is 30.8 Å². The van der Waals surface area contributed by atoms with Gasteiger partial charge < -0.3 is 14.2 Å². The number of rotatable bonds is 12. The van der Waals surface area contributed by atoms with Gasteiger partial charge in [-0.2, -0.15) is 0 Å². The molecule has 1 aromatic rings. The van der Waals surface area contributed by atoms with Gasteiger partial charge in [0.1, 0.15) is 5.60 Å². The Morgan fingerprint density at radius 3 is 2.53 bits per heavy atom. The van der Waals surface area contributed by atoms with Crippen molar-refractivity contribution in [3.05, 3.63) is 23.3 Å². The summed E-state index contributed by atoms with van der Waals surface area (Å²) in [5, 5.41) is 0. The van der Waals surface area contributed by atoms with E-state index in [9.17, 15) is 9.59 Å². The molecule has 2 fully saturated rings. The molecular weight excluding hydrogens is 454 g/mol. The van der Waals surface area contributed by atoms with E-state index in [2.05, 4.69) is 24.9 Å². The number of hydrogen-bond donors (Lipinski definition) is 0. The molecule has 2 heterocycles. The summed E-state index contributed by atoms with van der Waals surface area (Å²) >= 11 is 0. The third-order valence-electron chi connectivity index (χ3n) is 9.47. The average molecular weight is 498 g/mol. The number of hydrogen-bond acceptors (Lipinski definition) is 6. The maximum Gasteiger partial charge on any atom is 0.306 e. The predicted octanol–water partition coefficient (Wildman–Crippen LogP) is 5.52. The van der Waals surface area contributed by atoms with Gasteiger partial charge in [-0.1, -0.05) is 64.4 Å². The van der Waals surface area contributed by atoms with E-state index in [0.717, 1.165) is 37.8 Å². The number of benzene rings is 1. The van der Waals surface area contributed by atoms with Crippen molar-refractivity contribution in [1.82, 2.24) is 4.90 Å². The number of unbranched alkanes of at least 4 members (excludes halogenated alkanes) is 8. The molecule has 0 N–H and O–H groups in total. The second kappa shape index (κ2) is 10.4. The number of likely N-dealkylation sites (N-methyl/N-ethyl adjacent to an activating group) is 1. The van der Waals surface area contributed by atoms with Gasteiger partial charge in [0.25, 0.3) is 0 Å². The first kappa shape index (κ1) is 25.6. The molecule has 1 spiro atoms. The van der Waals surface area contributed by atoms with E-state index < -0.39 is 17.1 Å². The molecule has 1 saturated carbocycles. The van der Waals surface area contributed by atoms with Crippen LogP contribution in [0.1, 0.15) is 102 Å². The Morgan fingerprint density at radius 1 is 1.08 bits per heavy atom. The predicted molar refractivity (Wildman–Crippen MR) is 139 cm³/mol. The minimum atomic E-state index is -0.737. The molecule has 36 heavy (non-hydrogen) atoms. The molecule has 5 rings (SSSR count). The number of nitrogens with zero attached hydrogens (tertiary/aromatic N) is 1. The molecule has 0 radical (unpaired) electrons. The van der Waals surface area contributed by atoms with Crippen LogP contribution in [0.5, 0.6) is 11.5 Å². The molecule has 1 aromatic carbocycles. The molecule has 2 aliphatic carbocycles. The third kappa shape index (κ3) is 3.95. The van der Waals surface area contributed by atoms with Gasteiger partial charge in [-0.05, 0) is 50.9 Å². The van der Waals surface area contributed by atoms with E-state index in [1.165, 1.54) is 50.5 Å². The molecule has 6 heteroatoms. The van der Waals surface area contributed by atoms with E-state index in [1.807, 2.05) is 6.07 Å². The highest BCUT2D eigenvalue weighted by molar-refractivity contribution is 5.90. The molecular formula is C30H43NO5. The molecule has 0 amide bonds. The topological polar surface area (TPSA) is 65.1 Å². The number of Topliss-reactive ketones (excluding diaryl/α,β-unsaturated/α-hetero) is 1. The Balaban J connectivity index is 1.33. The summed E-state index contributed by atoms with van der Waals surface area (Å²) in [6.07, 6.45) is 13.3. The second-order valence-electron chi connectivity index (χ2n) is 11.5. The Bertz CT molecular complexity index is 992. The average Bonchev–Trinajstić information content (AvgIpc) is 3.23. The lowest BCUT2D eigenvalue weighted by Crippen LogP contribution is -2.77. The van der Waals surface area contributed by atoms with Crippen LogP contribution in [0.2, 0.25) is 0 Å². The van der Waals surface area contributed by atoms with Crippen molar-refractivity contribution in [2.75, 3.05) is 20.7 Å². The summed E-state index contributed by atoms with van der Waals surface area (Å²) in [5.41, 5.74) is 0.912. The van der Waals surface area contributed by atoms with Crippen LogP contribution in [-0.4, -0.2) is 55.1 Å². The lowest BCUT2D eigenvalue weighted by atomic mass is 9.49. The Morgan fingerprint density at radius 2 is 1.81 bits per heavy atom. The standard InChI is InChI=1S/C30H43NO5/c1-4-5-6-7-8-9-10-11-12-13-25(33)36-30-17-16-22(32)28-29(30)18-19-31(2)24(30)20-21-14-15-23(34-3)27(35-28)26(21)29/h14-15,24,28H,4-13,16-20H2,1-3H3/t24-,28+,29?,30-/m1/s1. The summed E-state index contributed by atoms with van der Waals surface area (Å²) in [6.45, 7) is 3.10. The SMILES string of the molecule is CCCCCCCCCCCC(=O)O[C@@]12CCC(=O)[C@@H]3Oc4c(OC)ccc5c4C31CCN(C)[C@@H]2C5. The summed E-state index contributed by atoms with van der Waals surface area (Å²) in [4.78, 5) is 29.0. The van der Waals surface area contributed by atoms with Crippen LogP contribution >= 0.6 is 0 Å². The maximum atomic E-state index is 13.4. The first-order valence-electron chi connectivity index (χ1n) is 14.3. The first-order chi connectivity index (χ1) is 17.5. The summed E-state index contributed by atoms with van der Waals surface area (Å²) in [6, 6.07) is 4.11. The Labute approximate surface area is 216 Å². The van der Waals surface area contributed by atoms with Crippen LogP contribution in [0.4, 0.5) is 0 Å². The number of esters is 1. The fourth-order valence-corrected chi connectivity index (χ4v) is 7.70. The number of carbonyl (C=O) groups excluding carboxylic acids is 2. The largest absolute Gasteiger partial charge is 0.493 e. The first-order valence-corrected chi connectivity index (χ1v) is 14.3. The molecule has 1 unspecified atom stereocenters. The van der Waals surface area contributed by atoms with Crippen molar-refractivity contribution in [2.45, 2.75) is 120 Å². The van der Waals surface area contributed by atoms with Crippen LogP contribution in [0.25, 0.3) is 0 Å². The van der Waals surface area contributed by atoms with Crippen LogP contribution in [-0.2, 0) is 26.2 Å². The maximum absolute atomic E-state index is 13.4. The number of piperidine rings is 1. The second-order valence-corrected chi connectivity index (χ2v) is 11.5. The van der Waals surface area contributed by atoms with Crippen molar-refractivity contribution in [3.8, 4) is 11.5 Å². The van der Waals surface area contributed by atoms with Gasteiger partial charge in [0.05, 0.1) is 18.6 Å². The molecule has 4 aliphatic rings. The molecule has 198 valence electrons. The lowest BCUT2D eigenvalue weighted by Gasteiger charge is -2.63. The Kier molecular flexibility index (Phi) is 7.35. The minimum Gasteiger partial charge on any atom is -0.493 e. The van der Waals surface area contributed by atoms with Gasteiger partial charge in [0, 0.05) is 18.4 Å². The van der Waals surface area contributed by atoms with Gasteiger partial charge in [-0.25, -0.2) is 0 Å². The summed E-state index contributed by atoms with van der Waals surface area (Å²) in [5.74, 6) is 1.36. The monoisotopic (exact) mass is 497 g/mol. The number of ether oxygens (including phenoxy) is 3. The molecule has 4 atom stereocenters. The van der Waals surface area contributed by atoms with Gasteiger partial charge in [-0.3, -0.25) is 14.5 Å². The molecule has 1 saturated heterocycles. The normalized spacial score (nSPS) is 30.0. The van der Waals surface area contributed by atoms with Crippen LogP contribution < -0.4 is 9.47 Å². The molecule has 2 aliphatic heterocycles.